The number of aromatic nitrogens is 1. The lowest BCUT2D eigenvalue weighted by atomic mass is 9.96. The van der Waals surface area contributed by atoms with Gasteiger partial charge in [0, 0.05) is 23.7 Å². The maximum absolute atomic E-state index is 12.5. The van der Waals surface area contributed by atoms with Crippen LogP contribution in [0.25, 0.3) is 21.9 Å². The lowest BCUT2D eigenvalue weighted by Crippen LogP contribution is -2.27. The van der Waals surface area contributed by atoms with Crippen molar-refractivity contribution in [3.63, 3.8) is 0 Å². The molecule has 1 unspecified atom stereocenters. The van der Waals surface area contributed by atoms with E-state index in [1.54, 1.807) is 20.0 Å². The van der Waals surface area contributed by atoms with Crippen LogP contribution in [0.15, 0.2) is 60.8 Å². The molecule has 0 radical (unpaired) electrons. The molecule has 2 N–H and O–H groups in total. The Balaban J connectivity index is 1.63. The predicted molar refractivity (Wildman–Crippen MR) is 121 cm³/mol. The molecule has 0 aliphatic heterocycles. The lowest BCUT2D eigenvalue weighted by molar-refractivity contribution is -0.120. The molecule has 1 atom stereocenters. The molecule has 1 amide bonds. The molecule has 0 saturated carbocycles. The molecule has 3 aromatic rings. The first-order chi connectivity index (χ1) is 14.9. The number of amides is 1. The average Bonchev–Trinajstić information content (AvgIpc) is 2.73. The van der Waals surface area contributed by atoms with Crippen molar-refractivity contribution in [2.45, 2.75) is 32.8 Å². The highest BCUT2D eigenvalue weighted by molar-refractivity contribution is 7.47. The number of carbonyl (C=O) groups is 1. The van der Waals surface area contributed by atoms with E-state index in [9.17, 15) is 14.3 Å². The van der Waals surface area contributed by atoms with E-state index >= 15 is 0 Å². The summed E-state index contributed by atoms with van der Waals surface area (Å²) in [4.78, 5) is 26.6. The van der Waals surface area contributed by atoms with Gasteiger partial charge in [-0.2, -0.15) is 0 Å². The Labute approximate surface area is 182 Å². The fourth-order valence-corrected chi connectivity index (χ4v) is 4.21. The topological polar surface area (TPSA) is 97.8 Å². The van der Waals surface area contributed by atoms with Gasteiger partial charge in [0.05, 0.1) is 24.8 Å². The number of nitrogens with zero attached hydrogens (tertiary/aromatic N) is 1. The van der Waals surface area contributed by atoms with E-state index in [-0.39, 0.29) is 18.9 Å². The van der Waals surface area contributed by atoms with Crippen molar-refractivity contribution in [3.05, 3.63) is 66.5 Å². The Morgan fingerprint density at radius 2 is 1.84 bits per heavy atom. The van der Waals surface area contributed by atoms with Gasteiger partial charge in [0.25, 0.3) is 0 Å². The highest BCUT2D eigenvalue weighted by atomic mass is 31.2. The summed E-state index contributed by atoms with van der Waals surface area (Å²) < 4.78 is 21.4. The zero-order valence-corrected chi connectivity index (χ0v) is 18.5. The minimum Gasteiger partial charge on any atom is -0.356 e. The fourth-order valence-electron chi connectivity index (χ4n) is 3.26. The van der Waals surface area contributed by atoms with E-state index in [0.717, 1.165) is 21.9 Å². The number of fused-ring (bicyclic) bond motifs is 1. The molecule has 2 aromatic carbocycles. The Morgan fingerprint density at radius 3 is 2.58 bits per heavy atom. The summed E-state index contributed by atoms with van der Waals surface area (Å²) in [6, 6.07) is 17.9. The summed E-state index contributed by atoms with van der Waals surface area (Å²) in [5, 5.41) is 4.87. The Bertz CT molecular complexity index is 1070. The molecule has 1 heterocycles. The second-order valence-corrected chi connectivity index (χ2v) is 8.78. The van der Waals surface area contributed by atoms with Crippen LogP contribution in [-0.2, 0) is 24.8 Å². The van der Waals surface area contributed by atoms with Crippen LogP contribution in [0.4, 0.5) is 0 Å². The maximum atomic E-state index is 12.5. The molecule has 0 saturated heterocycles. The van der Waals surface area contributed by atoms with Gasteiger partial charge in [0.2, 0.25) is 5.91 Å². The van der Waals surface area contributed by atoms with Crippen molar-refractivity contribution in [2.75, 3.05) is 13.2 Å². The quantitative estimate of drug-likeness (QED) is 0.355. The number of phosphoric acid groups is 1. The molecular formula is C23H27N2O5P. The second-order valence-electron chi connectivity index (χ2n) is 7.37. The van der Waals surface area contributed by atoms with Crippen LogP contribution in [0.3, 0.4) is 0 Å². The smallest absolute Gasteiger partial charge is 0.356 e. The first kappa shape index (κ1) is 23.1. The largest absolute Gasteiger partial charge is 0.472 e. The molecule has 0 aliphatic carbocycles. The Kier molecular flexibility index (Phi) is 7.93. The van der Waals surface area contributed by atoms with E-state index in [2.05, 4.69) is 10.3 Å². The number of nitrogens with one attached hydrogen (secondary N) is 1. The van der Waals surface area contributed by atoms with Crippen molar-refractivity contribution in [1.82, 2.24) is 10.3 Å². The van der Waals surface area contributed by atoms with Crippen molar-refractivity contribution in [1.29, 1.82) is 0 Å². The predicted octanol–water partition coefficient (Wildman–Crippen LogP) is 4.49. The fraction of sp³-hybridized carbons (Fsp3) is 0.304. The zero-order chi connectivity index (χ0) is 22.3. The maximum Gasteiger partial charge on any atom is 0.472 e. The number of carbonyl (C=O) groups excluding carboxylic acids is 1. The molecule has 1 aromatic heterocycles. The van der Waals surface area contributed by atoms with Gasteiger partial charge in [-0.1, -0.05) is 54.6 Å². The SMILES string of the molecule is CC(C)OP(=O)(O)OCCCNC(=O)Cc1ncc2ccccc2c1-c1ccccc1. The van der Waals surface area contributed by atoms with E-state index in [1.165, 1.54) is 0 Å². The normalized spacial score (nSPS) is 13.3. The molecule has 164 valence electrons. The molecular weight excluding hydrogens is 415 g/mol. The van der Waals surface area contributed by atoms with Crippen LogP contribution >= 0.6 is 7.82 Å². The number of hydrogen-bond acceptors (Lipinski definition) is 5. The van der Waals surface area contributed by atoms with Gasteiger partial charge in [-0.25, -0.2) is 4.57 Å². The highest BCUT2D eigenvalue weighted by Gasteiger charge is 2.22. The van der Waals surface area contributed by atoms with Gasteiger partial charge >= 0.3 is 7.82 Å². The summed E-state index contributed by atoms with van der Waals surface area (Å²) in [7, 11) is -4.05. The number of hydrogen-bond donors (Lipinski definition) is 2. The third-order valence-electron chi connectivity index (χ3n) is 4.51. The van der Waals surface area contributed by atoms with Crippen LogP contribution in [0, 0.1) is 0 Å². The number of benzene rings is 2. The molecule has 0 fully saturated rings. The molecule has 0 aliphatic rings. The molecule has 7 nitrogen and oxygen atoms in total. The van der Waals surface area contributed by atoms with Crippen LogP contribution in [-0.4, -0.2) is 35.0 Å². The Hall–Kier alpha value is -2.57. The van der Waals surface area contributed by atoms with Crippen molar-refractivity contribution >= 4 is 24.5 Å². The second kappa shape index (κ2) is 10.6. The van der Waals surface area contributed by atoms with Crippen LogP contribution in [0.1, 0.15) is 26.0 Å². The highest BCUT2D eigenvalue weighted by Crippen LogP contribution is 2.44. The van der Waals surface area contributed by atoms with Gasteiger partial charge in [-0.3, -0.25) is 18.8 Å². The average molecular weight is 442 g/mol. The van der Waals surface area contributed by atoms with E-state index < -0.39 is 13.9 Å². The standard InChI is InChI=1S/C23H27N2O5P/c1-17(2)30-31(27,28)29-14-8-13-24-22(26)15-21-23(18-9-4-3-5-10-18)20-12-7-6-11-19(20)16-25-21/h3-7,9-12,16-17H,8,13-15H2,1-2H3,(H,24,26)(H,27,28). The van der Waals surface area contributed by atoms with Crippen LogP contribution in [0.2, 0.25) is 0 Å². The summed E-state index contributed by atoms with van der Waals surface area (Å²) in [5.41, 5.74) is 2.65. The number of rotatable bonds is 10. The summed E-state index contributed by atoms with van der Waals surface area (Å²) in [6.07, 6.45) is 1.88. The van der Waals surface area contributed by atoms with Crippen molar-refractivity contribution < 1.29 is 23.3 Å². The third-order valence-corrected chi connectivity index (χ3v) is 5.71. The van der Waals surface area contributed by atoms with Gasteiger partial charge < -0.3 is 10.2 Å². The van der Waals surface area contributed by atoms with Gasteiger partial charge in [0.15, 0.2) is 0 Å². The lowest BCUT2D eigenvalue weighted by Gasteiger charge is -2.15. The molecule has 8 heteroatoms. The van der Waals surface area contributed by atoms with E-state index in [1.807, 2.05) is 54.6 Å². The number of pyridine rings is 1. The molecule has 31 heavy (non-hydrogen) atoms. The summed E-state index contributed by atoms with van der Waals surface area (Å²) >= 11 is 0. The minimum absolute atomic E-state index is 0.00423. The van der Waals surface area contributed by atoms with Crippen molar-refractivity contribution in [2.24, 2.45) is 0 Å². The number of phosphoric ester groups is 1. The monoisotopic (exact) mass is 442 g/mol. The summed E-state index contributed by atoms with van der Waals surface area (Å²) in [5.74, 6) is -0.175. The Morgan fingerprint density at radius 1 is 1.13 bits per heavy atom. The van der Waals surface area contributed by atoms with Crippen LogP contribution in [0.5, 0.6) is 0 Å². The molecule has 3 rings (SSSR count). The first-order valence-electron chi connectivity index (χ1n) is 10.2. The third kappa shape index (κ3) is 6.71. The van der Waals surface area contributed by atoms with Gasteiger partial charge in [-0.05, 0) is 31.2 Å². The molecule has 0 spiro atoms. The minimum atomic E-state index is -4.05. The molecule has 0 bridgehead atoms. The van der Waals surface area contributed by atoms with Crippen molar-refractivity contribution in [3.8, 4) is 11.1 Å². The van der Waals surface area contributed by atoms with Gasteiger partial charge in [0.1, 0.15) is 0 Å². The van der Waals surface area contributed by atoms with Crippen LogP contribution < -0.4 is 5.32 Å². The zero-order valence-electron chi connectivity index (χ0n) is 17.7. The summed E-state index contributed by atoms with van der Waals surface area (Å²) in [6.45, 7) is 3.62. The van der Waals surface area contributed by atoms with Gasteiger partial charge in [-0.15, -0.1) is 0 Å². The van der Waals surface area contributed by atoms with E-state index in [4.69, 9.17) is 9.05 Å². The van der Waals surface area contributed by atoms with E-state index in [0.29, 0.717) is 18.7 Å². The first-order valence-corrected chi connectivity index (χ1v) is 11.7.